The molecule has 0 radical (unpaired) electrons. The Morgan fingerprint density at radius 2 is 2.22 bits per heavy atom. The van der Waals surface area contributed by atoms with Crippen LogP contribution < -0.4 is 0 Å². The molecule has 3 nitrogen and oxygen atoms in total. The quantitative estimate of drug-likeness (QED) is 0.717. The lowest BCUT2D eigenvalue weighted by atomic mass is 10.1. The summed E-state index contributed by atoms with van der Waals surface area (Å²) in [5.74, 6) is 0. The summed E-state index contributed by atoms with van der Waals surface area (Å²) >= 11 is 1.79. The van der Waals surface area contributed by atoms with Crippen LogP contribution in [0.2, 0.25) is 0 Å². The molecule has 0 saturated carbocycles. The van der Waals surface area contributed by atoms with E-state index in [1.54, 1.807) is 11.3 Å². The fourth-order valence-electron chi connectivity index (χ4n) is 2.12. The molecule has 18 heavy (non-hydrogen) atoms. The van der Waals surface area contributed by atoms with Gasteiger partial charge in [-0.2, -0.15) is 0 Å². The van der Waals surface area contributed by atoms with E-state index in [-0.39, 0.29) is 0 Å². The maximum atomic E-state index is 4.45. The molecule has 0 saturated heterocycles. The van der Waals surface area contributed by atoms with Crippen LogP contribution in [0.15, 0.2) is 30.9 Å². The average molecular weight is 257 g/mol. The molecule has 3 heterocycles. The Balaban J connectivity index is 2.13. The second-order valence-electron chi connectivity index (χ2n) is 4.47. The minimum Gasteiger partial charge on any atom is -0.340 e. The first kappa shape index (κ1) is 11.4. The van der Waals surface area contributed by atoms with E-state index < -0.39 is 0 Å². The SMILES string of the molecule is CCCc1ccnc2cc(-c3cn(C)cn3)sc12. The van der Waals surface area contributed by atoms with E-state index in [4.69, 9.17) is 0 Å². The van der Waals surface area contributed by atoms with Crippen molar-refractivity contribution in [3.8, 4) is 10.6 Å². The molecule has 0 aromatic carbocycles. The van der Waals surface area contributed by atoms with Crippen molar-refractivity contribution in [1.29, 1.82) is 0 Å². The summed E-state index contributed by atoms with van der Waals surface area (Å²) in [6.07, 6.45) is 8.06. The number of nitrogens with zero attached hydrogens (tertiary/aromatic N) is 3. The zero-order chi connectivity index (χ0) is 12.5. The Labute approximate surface area is 110 Å². The number of hydrogen-bond acceptors (Lipinski definition) is 3. The lowest BCUT2D eigenvalue weighted by molar-refractivity contribution is 0.913. The number of aromatic nitrogens is 3. The van der Waals surface area contributed by atoms with Crippen LogP contribution in [-0.2, 0) is 13.5 Å². The van der Waals surface area contributed by atoms with Crippen LogP contribution in [0.3, 0.4) is 0 Å². The Morgan fingerprint density at radius 1 is 1.33 bits per heavy atom. The largest absolute Gasteiger partial charge is 0.340 e. The summed E-state index contributed by atoms with van der Waals surface area (Å²) in [5.41, 5.74) is 3.52. The highest BCUT2D eigenvalue weighted by atomic mass is 32.1. The third kappa shape index (κ3) is 1.93. The summed E-state index contributed by atoms with van der Waals surface area (Å²) < 4.78 is 3.28. The van der Waals surface area contributed by atoms with Crippen molar-refractivity contribution in [1.82, 2.24) is 14.5 Å². The first-order chi connectivity index (χ1) is 8.78. The summed E-state index contributed by atoms with van der Waals surface area (Å²) in [6, 6.07) is 4.27. The predicted octanol–water partition coefficient (Wildman–Crippen LogP) is 3.65. The molecular formula is C14H15N3S. The minimum atomic E-state index is 1.03. The van der Waals surface area contributed by atoms with Crippen LogP contribution in [-0.4, -0.2) is 14.5 Å². The van der Waals surface area contributed by atoms with Crippen molar-refractivity contribution in [2.45, 2.75) is 19.8 Å². The number of fused-ring (bicyclic) bond motifs is 1. The zero-order valence-electron chi connectivity index (χ0n) is 10.6. The number of pyridine rings is 1. The van der Waals surface area contributed by atoms with Gasteiger partial charge in [0, 0.05) is 19.4 Å². The lowest BCUT2D eigenvalue weighted by Crippen LogP contribution is -1.83. The molecule has 0 unspecified atom stereocenters. The molecule has 0 aliphatic rings. The van der Waals surface area contributed by atoms with Gasteiger partial charge in [0.15, 0.2) is 0 Å². The average Bonchev–Trinajstić information content (AvgIpc) is 2.95. The molecule has 0 fully saturated rings. The van der Waals surface area contributed by atoms with Crippen molar-refractivity contribution in [3.63, 3.8) is 0 Å². The van der Waals surface area contributed by atoms with Gasteiger partial charge in [0.05, 0.1) is 27.1 Å². The van der Waals surface area contributed by atoms with Crippen LogP contribution >= 0.6 is 11.3 Å². The van der Waals surface area contributed by atoms with Gasteiger partial charge >= 0.3 is 0 Å². The van der Waals surface area contributed by atoms with E-state index >= 15 is 0 Å². The van der Waals surface area contributed by atoms with Crippen molar-refractivity contribution < 1.29 is 0 Å². The van der Waals surface area contributed by atoms with Crippen LogP contribution in [0.25, 0.3) is 20.8 Å². The molecule has 0 bridgehead atoms. The second-order valence-corrected chi connectivity index (χ2v) is 5.52. The Bertz CT molecular complexity index is 681. The normalized spacial score (nSPS) is 11.2. The van der Waals surface area contributed by atoms with Gasteiger partial charge < -0.3 is 4.57 Å². The van der Waals surface area contributed by atoms with E-state index in [9.17, 15) is 0 Å². The zero-order valence-corrected chi connectivity index (χ0v) is 11.4. The molecule has 3 aromatic heterocycles. The van der Waals surface area contributed by atoms with Gasteiger partial charge in [0.2, 0.25) is 0 Å². The Morgan fingerprint density at radius 3 is 2.94 bits per heavy atom. The summed E-state index contributed by atoms with van der Waals surface area (Å²) in [7, 11) is 1.99. The van der Waals surface area contributed by atoms with Gasteiger partial charge in [-0.3, -0.25) is 4.98 Å². The van der Waals surface area contributed by atoms with E-state index in [0.29, 0.717) is 0 Å². The lowest BCUT2D eigenvalue weighted by Gasteiger charge is -1.98. The van der Waals surface area contributed by atoms with Crippen molar-refractivity contribution >= 4 is 21.6 Å². The highest BCUT2D eigenvalue weighted by molar-refractivity contribution is 7.22. The highest BCUT2D eigenvalue weighted by Crippen LogP contribution is 2.33. The van der Waals surface area contributed by atoms with E-state index in [1.807, 2.05) is 30.3 Å². The van der Waals surface area contributed by atoms with Crippen LogP contribution in [0.1, 0.15) is 18.9 Å². The molecule has 0 N–H and O–H groups in total. The number of hydrogen-bond donors (Lipinski definition) is 0. The Kier molecular flexibility index (Phi) is 2.88. The third-order valence-electron chi connectivity index (χ3n) is 2.97. The summed E-state index contributed by atoms with van der Waals surface area (Å²) in [5, 5.41) is 0. The summed E-state index contributed by atoms with van der Waals surface area (Å²) in [4.78, 5) is 10.1. The monoisotopic (exact) mass is 257 g/mol. The standard InChI is InChI=1S/C14H15N3S/c1-3-4-10-5-6-15-11-7-13(18-14(10)11)12-8-17(2)9-16-12/h5-9H,3-4H2,1-2H3. The fourth-order valence-corrected chi connectivity index (χ4v) is 3.24. The predicted molar refractivity (Wildman–Crippen MR) is 75.8 cm³/mol. The fraction of sp³-hybridized carbons (Fsp3) is 0.286. The van der Waals surface area contributed by atoms with Crippen LogP contribution in [0.4, 0.5) is 0 Å². The van der Waals surface area contributed by atoms with Gasteiger partial charge in [0.1, 0.15) is 0 Å². The molecule has 0 spiro atoms. The first-order valence-electron chi connectivity index (χ1n) is 6.13. The number of aryl methyl sites for hydroxylation is 2. The molecular weight excluding hydrogens is 242 g/mol. The van der Waals surface area contributed by atoms with Crippen molar-refractivity contribution in [3.05, 3.63) is 36.4 Å². The van der Waals surface area contributed by atoms with Gasteiger partial charge in [-0.25, -0.2) is 4.98 Å². The molecule has 0 aliphatic carbocycles. The van der Waals surface area contributed by atoms with Gasteiger partial charge in [-0.1, -0.05) is 13.3 Å². The molecule has 0 atom stereocenters. The number of rotatable bonds is 3. The minimum absolute atomic E-state index is 1.03. The van der Waals surface area contributed by atoms with Crippen LogP contribution in [0.5, 0.6) is 0 Å². The van der Waals surface area contributed by atoms with Crippen molar-refractivity contribution in [2.75, 3.05) is 0 Å². The highest BCUT2D eigenvalue weighted by Gasteiger charge is 2.10. The Hall–Kier alpha value is -1.68. The second kappa shape index (κ2) is 4.53. The maximum absolute atomic E-state index is 4.45. The summed E-state index contributed by atoms with van der Waals surface area (Å²) in [6.45, 7) is 2.21. The van der Waals surface area contributed by atoms with E-state index in [0.717, 1.165) is 24.1 Å². The smallest absolute Gasteiger partial charge is 0.0982 e. The molecule has 92 valence electrons. The third-order valence-corrected chi connectivity index (χ3v) is 4.19. The van der Waals surface area contributed by atoms with Gasteiger partial charge in [0.25, 0.3) is 0 Å². The molecule has 0 amide bonds. The maximum Gasteiger partial charge on any atom is 0.0982 e. The molecule has 4 heteroatoms. The number of imidazole rings is 1. The van der Waals surface area contributed by atoms with E-state index in [2.05, 4.69) is 29.0 Å². The topological polar surface area (TPSA) is 30.7 Å². The molecule has 3 rings (SSSR count). The van der Waals surface area contributed by atoms with Gasteiger partial charge in [-0.15, -0.1) is 11.3 Å². The van der Waals surface area contributed by atoms with Gasteiger partial charge in [-0.05, 0) is 24.1 Å². The molecule has 0 aliphatic heterocycles. The van der Waals surface area contributed by atoms with Crippen molar-refractivity contribution in [2.24, 2.45) is 7.05 Å². The first-order valence-corrected chi connectivity index (χ1v) is 6.95. The van der Waals surface area contributed by atoms with E-state index in [1.165, 1.54) is 15.1 Å². The van der Waals surface area contributed by atoms with Crippen LogP contribution in [0, 0.1) is 0 Å². The molecule has 3 aromatic rings. The number of thiophene rings is 1.